The van der Waals surface area contributed by atoms with Crippen molar-refractivity contribution in [2.75, 3.05) is 37.7 Å². The topological polar surface area (TPSA) is 89.0 Å². The SMILES string of the molecule is CCCCN1C(=O)c2cc(S(=O)(=O)N3CCOCC3)ccc2Oc2cccnc21. The summed E-state index contributed by atoms with van der Waals surface area (Å²) in [6, 6.07) is 7.92. The Labute approximate surface area is 170 Å². The molecule has 0 saturated carbocycles. The molecule has 2 aliphatic rings. The van der Waals surface area contributed by atoms with Crippen molar-refractivity contribution >= 4 is 21.7 Å². The standard InChI is InChI=1S/C20H23N3O5S/c1-2-3-9-23-19-18(5-4-8-21-19)28-17-7-6-15(14-16(17)20(23)24)29(25,26)22-10-12-27-13-11-22/h4-8,14H,2-3,9-13H2,1H3. The van der Waals surface area contributed by atoms with E-state index in [0.717, 1.165) is 12.8 Å². The molecule has 2 aromatic rings. The van der Waals surface area contributed by atoms with Gasteiger partial charge in [0, 0.05) is 25.8 Å². The Hall–Kier alpha value is -2.49. The maximum absolute atomic E-state index is 13.3. The molecule has 0 radical (unpaired) electrons. The number of aromatic nitrogens is 1. The number of carbonyl (C=O) groups excluding carboxylic acids is 1. The predicted octanol–water partition coefficient (Wildman–Crippen LogP) is 2.66. The minimum Gasteiger partial charge on any atom is -0.453 e. The number of benzene rings is 1. The van der Waals surface area contributed by atoms with Crippen molar-refractivity contribution in [1.82, 2.24) is 9.29 Å². The summed E-state index contributed by atoms with van der Waals surface area (Å²) in [5.41, 5.74) is 0.216. The van der Waals surface area contributed by atoms with Gasteiger partial charge in [-0.05, 0) is 36.8 Å². The van der Waals surface area contributed by atoms with E-state index in [1.807, 2.05) is 6.92 Å². The second-order valence-corrected chi connectivity index (χ2v) is 8.85. The van der Waals surface area contributed by atoms with Crippen LogP contribution in [0.15, 0.2) is 41.4 Å². The summed E-state index contributed by atoms with van der Waals surface area (Å²) >= 11 is 0. The number of rotatable bonds is 5. The van der Waals surface area contributed by atoms with Crippen LogP contribution in [0.3, 0.4) is 0 Å². The summed E-state index contributed by atoms with van der Waals surface area (Å²) in [4.78, 5) is 19.3. The number of nitrogens with zero attached hydrogens (tertiary/aromatic N) is 3. The molecule has 1 aromatic heterocycles. The van der Waals surface area contributed by atoms with Crippen LogP contribution in [0.5, 0.6) is 11.5 Å². The third-order valence-corrected chi connectivity index (χ3v) is 6.89. The van der Waals surface area contributed by atoms with Crippen LogP contribution in [0.2, 0.25) is 0 Å². The van der Waals surface area contributed by atoms with Crippen LogP contribution in [-0.2, 0) is 14.8 Å². The largest absolute Gasteiger partial charge is 0.453 e. The molecule has 9 heteroatoms. The zero-order valence-corrected chi connectivity index (χ0v) is 17.0. The quantitative estimate of drug-likeness (QED) is 0.743. The Morgan fingerprint density at radius 1 is 1.14 bits per heavy atom. The molecule has 0 bridgehead atoms. The molecule has 2 aliphatic heterocycles. The Morgan fingerprint density at radius 3 is 2.69 bits per heavy atom. The van der Waals surface area contributed by atoms with Gasteiger partial charge in [-0.15, -0.1) is 0 Å². The van der Waals surface area contributed by atoms with Gasteiger partial charge in [0.15, 0.2) is 11.6 Å². The molecule has 0 atom stereocenters. The van der Waals surface area contributed by atoms with Crippen molar-refractivity contribution in [2.24, 2.45) is 0 Å². The molecular weight excluding hydrogens is 394 g/mol. The first-order valence-corrected chi connectivity index (χ1v) is 11.1. The molecule has 0 spiro atoms. The fourth-order valence-electron chi connectivity index (χ4n) is 3.41. The van der Waals surface area contributed by atoms with Gasteiger partial charge < -0.3 is 9.47 Å². The molecular formula is C20H23N3O5S. The molecule has 0 N–H and O–H groups in total. The number of unbranched alkanes of at least 4 members (excludes halogenated alkanes) is 1. The minimum absolute atomic E-state index is 0.0736. The number of sulfonamides is 1. The number of hydrogen-bond donors (Lipinski definition) is 0. The van der Waals surface area contributed by atoms with Gasteiger partial charge in [-0.1, -0.05) is 13.3 Å². The number of anilines is 1. The molecule has 1 fully saturated rings. The Bertz CT molecular complexity index is 1020. The molecule has 1 aromatic carbocycles. The van der Waals surface area contributed by atoms with Gasteiger partial charge in [0.25, 0.3) is 5.91 Å². The highest BCUT2D eigenvalue weighted by molar-refractivity contribution is 7.89. The lowest BCUT2D eigenvalue weighted by atomic mass is 10.1. The first-order chi connectivity index (χ1) is 14.0. The monoisotopic (exact) mass is 417 g/mol. The molecule has 154 valence electrons. The number of amides is 1. The molecule has 3 heterocycles. The lowest BCUT2D eigenvalue weighted by Gasteiger charge is -2.26. The maximum atomic E-state index is 13.3. The van der Waals surface area contributed by atoms with Gasteiger partial charge in [0.05, 0.1) is 23.7 Å². The van der Waals surface area contributed by atoms with Crippen LogP contribution in [-0.4, -0.2) is 56.5 Å². The van der Waals surface area contributed by atoms with Crippen molar-refractivity contribution in [3.63, 3.8) is 0 Å². The van der Waals surface area contributed by atoms with E-state index in [9.17, 15) is 13.2 Å². The van der Waals surface area contributed by atoms with E-state index in [0.29, 0.717) is 50.2 Å². The Morgan fingerprint density at radius 2 is 1.93 bits per heavy atom. The van der Waals surface area contributed by atoms with E-state index >= 15 is 0 Å². The molecule has 4 rings (SSSR count). The van der Waals surface area contributed by atoms with E-state index in [1.165, 1.54) is 16.4 Å². The number of morpholine rings is 1. The lowest BCUT2D eigenvalue weighted by Crippen LogP contribution is -2.40. The fraction of sp³-hybridized carbons (Fsp3) is 0.400. The predicted molar refractivity (Wildman–Crippen MR) is 107 cm³/mol. The van der Waals surface area contributed by atoms with E-state index < -0.39 is 10.0 Å². The Kier molecular flexibility index (Phi) is 5.53. The number of ether oxygens (including phenoxy) is 2. The maximum Gasteiger partial charge on any atom is 0.263 e. The first kappa shape index (κ1) is 19.8. The van der Waals surface area contributed by atoms with Gasteiger partial charge in [-0.25, -0.2) is 13.4 Å². The van der Waals surface area contributed by atoms with Gasteiger partial charge in [0.1, 0.15) is 5.75 Å². The fourth-order valence-corrected chi connectivity index (χ4v) is 4.84. The molecule has 29 heavy (non-hydrogen) atoms. The third-order valence-electron chi connectivity index (χ3n) is 5.00. The molecule has 8 nitrogen and oxygen atoms in total. The van der Waals surface area contributed by atoms with Crippen LogP contribution < -0.4 is 9.64 Å². The molecule has 0 aliphatic carbocycles. The van der Waals surface area contributed by atoms with Gasteiger partial charge >= 0.3 is 0 Å². The number of fused-ring (bicyclic) bond motifs is 2. The molecule has 1 saturated heterocycles. The average molecular weight is 417 g/mol. The number of pyridine rings is 1. The smallest absolute Gasteiger partial charge is 0.263 e. The first-order valence-electron chi connectivity index (χ1n) is 9.69. The van der Waals surface area contributed by atoms with E-state index in [4.69, 9.17) is 9.47 Å². The highest BCUT2D eigenvalue weighted by Crippen LogP contribution is 2.38. The molecule has 0 unspecified atom stereocenters. The van der Waals surface area contributed by atoms with Crippen molar-refractivity contribution in [3.8, 4) is 11.5 Å². The van der Waals surface area contributed by atoms with Crippen molar-refractivity contribution in [3.05, 3.63) is 42.1 Å². The summed E-state index contributed by atoms with van der Waals surface area (Å²) in [5, 5.41) is 0. The average Bonchev–Trinajstić information content (AvgIpc) is 2.86. The normalized spacial score (nSPS) is 17.3. The summed E-state index contributed by atoms with van der Waals surface area (Å²) < 4.78 is 38.6. The highest BCUT2D eigenvalue weighted by atomic mass is 32.2. The minimum atomic E-state index is -3.72. The van der Waals surface area contributed by atoms with Crippen LogP contribution in [0.1, 0.15) is 30.1 Å². The van der Waals surface area contributed by atoms with Crippen LogP contribution in [0.4, 0.5) is 5.82 Å². The van der Waals surface area contributed by atoms with Gasteiger partial charge in [-0.3, -0.25) is 9.69 Å². The van der Waals surface area contributed by atoms with Crippen molar-refractivity contribution < 1.29 is 22.7 Å². The zero-order chi connectivity index (χ0) is 20.4. The molecule has 1 amide bonds. The van der Waals surface area contributed by atoms with Crippen LogP contribution >= 0.6 is 0 Å². The van der Waals surface area contributed by atoms with E-state index in [2.05, 4.69) is 4.98 Å². The second-order valence-electron chi connectivity index (χ2n) is 6.91. The third kappa shape index (κ3) is 3.73. The Balaban J connectivity index is 1.76. The highest BCUT2D eigenvalue weighted by Gasteiger charge is 2.32. The summed E-state index contributed by atoms with van der Waals surface area (Å²) in [5.74, 6) is 0.924. The summed E-state index contributed by atoms with van der Waals surface area (Å²) in [6.07, 6.45) is 3.31. The van der Waals surface area contributed by atoms with Crippen LogP contribution in [0, 0.1) is 0 Å². The van der Waals surface area contributed by atoms with E-state index in [-0.39, 0.29) is 16.4 Å². The second kappa shape index (κ2) is 8.10. The lowest BCUT2D eigenvalue weighted by molar-refractivity contribution is 0.0730. The number of carbonyl (C=O) groups is 1. The van der Waals surface area contributed by atoms with Gasteiger partial charge in [0.2, 0.25) is 10.0 Å². The van der Waals surface area contributed by atoms with Crippen LogP contribution in [0.25, 0.3) is 0 Å². The van der Waals surface area contributed by atoms with Crippen molar-refractivity contribution in [2.45, 2.75) is 24.7 Å². The van der Waals surface area contributed by atoms with Gasteiger partial charge in [-0.2, -0.15) is 4.31 Å². The zero-order valence-electron chi connectivity index (χ0n) is 16.2. The summed E-state index contributed by atoms with van der Waals surface area (Å²) in [7, 11) is -3.72. The number of hydrogen-bond acceptors (Lipinski definition) is 6. The van der Waals surface area contributed by atoms with Crippen molar-refractivity contribution in [1.29, 1.82) is 0 Å². The van der Waals surface area contributed by atoms with E-state index in [1.54, 1.807) is 29.3 Å². The summed E-state index contributed by atoms with van der Waals surface area (Å²) in [6.45, 7) is 3.82.